The molecule has 5 heterocycles. The molecule has 2 aromatic carbocycles. The third-order valence-electron chi connectivity index (χ3n) is 7.84. The molecule has 8 heteroatoms. The highest BCUT2D eigenvalue weighted by molar-refractivity contribution is 5.96. The minimum atomic E-state index is -0.168. The van der Waals surface area contributed by atoms with Gasteiger partial charge in [0.25, 0.3) is 0 Å². The van der Waals surface area contributed by atoms with Crippen LogP contribution in [0.1, 0.15) is 5.69 Å². The summed E-state index contributed by atoms with van der Waals surface area (Å²) >= 11 is 0. The third kappa shape index (κ3) is 4.32. The molecule has 0 unspecified atom stereocenters. The summed E-state index contributed by atoms with van der Waals surface area (Å²) in [5.74, 6) is 0. The number of benzene rings is 2. The fraction of sp³-hybridized carbons (Fsp3) is 0.188. The van der Waals surface area contributed by atoms with E-state index in [9.17, 15) is 4.79 Å². The second-order valence-corrected chi connectivity index (χ2v) is 10.4. The summed E-state index contributed by atoms with van der Waals surface area (Å²) < 4.78 is 1.84. The minimum Gasteiger partial charge on any atom is -0.369 e. The Kier molecular flexibility index (Phi) is 5.90. The van der Waals surface area contributed by atoms with Gasteiger partial charge in [-0.05, 0) is 67.1 Å². The molecular formula is C32H29N7O. The van der Waals surface area contributed by atoms with E-state index in [-0.39, 0.29) is 5.56 Å². The number of imidazole rings is 1. The van der Waals surface area contributed by atoms with Crippen LogP contribution in [0.15, 0.2) is 90.1 Å². The Labute approximate surface area is 231 Å². The number of nitrogens with zero attached hydrogens (tertiary/aromatic N) is 6. The van der Waals surface area contributed by atoms with Crippen LogP contribution in [0.2, 0.25) is 0 Å². The number of aryl methyl sites for hydroxylation is 1. The number of anilines is 1. The Morgan fingerprint density at radius 3 is 2.48 bits per heavy atom. The second kappa shape index (κ2) is 9.73. The van der Waals surface area contributed by atoms with Crippen molar-refractivity contribution in [3.63, 3.8) is 0 Å². The van der Waals surface area contributed by atoms with Crippen molar-refractivity contribution in [2.24, 2.45) is 0 Å². The van der Waals surface area contributed by atoms with Gasteiger partial charge in [0.1, 0.15) is 0 Å². The minimum absolute atomic E-state index is 0.168. The molecule has 0 bridgehead atoms. The number of fused-ring (bicyclic) bond motifs is 2. The van der Waals surface area contributed by atoms with Gasteiger partial charge in [-0.2, -0.15) is 5.10 Å². The normalized spacial score (nSPS) is 14.3. The topological polar surface area (TPSA) is 82.4 Å². The van der Waals surface area contributed by atoms with E-state index in [1.807, 2.05) is 35.7 Å². The Balaban J connectivity index is 1.29. The van der Waals surface area contributed by atoms with Gasteiger partial charge in [-0.25, -0.2) is 9.50 Å². The van der Waals surface area contributed by atoms with E-state index in [2.05, 4.69) is 63.2 Å². The monoisotopic (exact) mass is 527 g/mol. The Morgan fingerprint density at radius 2 is 1.65 bits per heavy atom. The first-order valence-corrected chi connectivity index (χ1v) is 13.5. The maximum absolute atomic E-state index is 12.7. The largest absolute Gasteiger partial charge is 0.369 e. The third-order valence-corrected chi connectivity index (χ3v) is 7.84. The molecule has 1 fully saturated rings. The van der Waals surface area contributed by atoms with Gasteiger partial charge in [0.05, 0.1) is 17.6 Å². The lowest BCUT2D eigenvalue weighted by molar-refractivity contribution is 0.313. The summed E-state index contributed by atoms with van der Waals surface area (Å²) in [6, 6.07) is 22.4. The molecule has 6 aromatic rings. The first-order chi connectivity index (χ1) is 19.5. The number of likely N-dealkylation sites (N-methyl/N-ethyl adjacent to an activating group) is 1. The number of H-pyrrole nitrogens is 1. The van der Waals surface area contributed by atoms with Crippen LogP contribution in [0.5, 0.6) is 0 Å². The van der Waals surface area contributed by atoms with Crippen molar-refractivity contribution in [3.05, 3.63) is 101 Å². The number of piperazine rings is 1. The fourth-order valence-corrected chi connectivity index (χ4v) is 5.61. The molecular weight excluding hydrogens is 498 g/mol. The lowest BCUT2D eigenvalue weighted by Crippen LogP contribution is -2.44. The standard InChI is InChI=1S/C32H29N7O/c1-21-27(24-4-3-5-25(16-24)38-14-12-37(2)13-15-38)18-31-34-20-30(39(31)36-21)28-19-32(40)35-29-17-23(6-7-26(28)29)22-8-10-33-11-9-22/h3-11,16-20H,12-15H2,1-2H3,(H,35,40). The number of aromatic nitrogens is 5. The molecule has 1 N–H and O–H groups in total. The second-order valence-electron chi connectivity index (χ2n) is 10.4. The maximum Gasteiger partial charge on any atom is 0.249 e. The van der Waals surface area contributed by atoms with Crippen LogP contribution in [-0.4, -0.2) is 62.7 Å². The smallest absolute Gasteiger partial charge is 0.249 e. The molecule has 8 nitrogen and oxygen atoms in total. The molecule has 7 rings (SSSR count). The average Bonchev–Trinajstić information content (AvgIpc) is 3.39. The van der Waals surface area contributed by atoms with Gasteiger partial charge in [-0.1, -0.05) is 24.3 Å². The SMILES string of the molecule is Cc1nn2c(-c3cc(=O)[nH]c4cc(-c5ccncc5)ccc34)cnc2cc1-c1cccc(N2CCN(C)CC2)c1. The van der Waals surface area contributed by atoms with E-state index in [1.54, 1.807) is 24.7 Å². The number of pyridine rings is 2. The van der Waals surface area contributed by atoms with Crippen LogP contribution in [0.3, 0.4) is 0 Å². The quantitative estimate of drug-likeness (QED) is 0.346. The van der Waals surface area contributed by atoms with Crippen LogP contribution in [-0.2, 0) is 0 Å². The number of rotatable bonds is 4. The summed E-state index contributed by atoms with van der Waals surface area (Å²) in [6.45, 7) is 6.20. The van der Waals surface area contributed by atoms with E-state index in [0.717, 1.165) is 81.9 Å². The molecule has 0 radical (unpaired) electrons. The van der Waals surface area contributed by atoms with Gasteiger partial charge in [-0.15, -0.1) is 0 Å². The van der Waals surface area contributed by atoms with Crippen molar-refractivity contribution in [2.75, 3.05) is 38.1 Å². The lowest BCUT2D eigenvalue weighted by Gasteiger charge is -2.34. The van der Waals surface area contributed by atoms with Crippen LogP contribution in [0.25, 0.3) is 50.1 Å². The number of hydrogen-bond donors (Lipinski definition) is 1. The van der Waals surface area contributed by atoms with Crippen molar-refractivity contribution in [1.29, 1.82) is 0 Å². The highest BCUT2D eigenvalue weighted by Gasteiger charge is 2.17. The fourth-order valence-electron chi connectivity index (χ4n) is 5.61. The Bertz CT molecular complexity index is 1920. The molecule has 4 aromatic heterocycles. The zero-order valence-corrected chi connectivity index (χ0v) is 22.5. The van der Waals surface area contributed by atoms with Gasteiger partial charge >= 0.3 is 0 Å². The predicted octanol–water partition coefficient (Wildman–Crippen LogP) is 5.03. The van der Waals surface area contributed by atoms with E-state index < -0.39 is 0 Å². The van der Waals surface area contributed by atoms with Crippen molar-refractivity contribution >= 4 is 22.2 Å². The molecule has 198 valence electrons. The van der Waals surface area contributed by atoms with E-state index >= 15 is 0 Å². The maximum atomic E-state index is 12.7. The first kappa shape index (κ1) is 24.2. The molecule has 1 saturated heterocycles. The van der Waals surface area contributed by atoms with Crippen LogP contribution in [0.4, 0.5) is 5.69 Å². The summed E-state index contributed by atoms with van der Waals surface area (Å²) in [7, 11) is 2.17. The van der Waals surface area contributed by atoms with Crippen LogP contribution in [0, 0.1) is 6.92 Å². The van der Waals surface area contributed by atoms with Crippen molar-refractivity contribution < 1.29 is 0 Å². The average molecular weight is 528 g/mol. The Hall–Kier alpha value is -4.82. The Morgan fingerprint density at radius 1 is 0.825 bits per heavy atom. The van der Waals surface area contributed by atoms with Gasteiger partial charge < -0.3 is 14.8 Å². The molecule has 0 atom stereocenters. The highest BCUT2D eigenvalue weighted by Crippen LogP contribution is 2.32. The zero-order chi connectivity index (χ0) is 27.2. The first-order valence-electron chi connectivity index (χ1n) is 13.5. The molecule has 1 aliphatic heterocycles. The number of aromatic amines is 1. The van der Waals surface area contributed by atoms with Gasteiger partial charge in [-0.3, -0.25) is 9.78 Å². The molecule has 1 aliphatic rings. The molecule has 40 heavy (non-hydrogen) atoms. The number of nitrogens with one attached hydrogen (secondary N) is 1. The summed E-state index contributed by atoms with van der Waals surface area (Å²) in [4.78, 5) is 29.4. The van der Waals surface area contributed by atoms with Crippen molar-refractivity contribution in [2.45, 2.75) is 6.92 Å². The van der Waals surface area contributed by atoms with Crippen LogP contribution >= 0.6 is 0 Å². The summed E-state index contributed by atoms with van der Waals surface area (Å²) in [5.41, 5.74) is 9.27. The lowest BCUT2D eigenvalue weighted by atomic mass is 10.0. The van der Waals surface area contributed by atoms with E-state index in [0.29, 0.717) is 0 Å². The predicted molar refractivity (Wildman–Crippen MR) is 160 cm³/mol. The van der Waals surface area contributed by atoms with Crippen molar-refractivity contribution in [1.82, 2.24) is 29.5 Å². The van der Waals surface area contributed by atoms with Gasteiger partial charge in [0, 0.05) is 72.4 Å². The molecule has 0 saturated carbocycles. The summed E-state index contributed by atoms with van der Waals surface area (Å²) in [5, 5.41) is 5.89. The van der Waals surface area contributed by atoms with E-state index in [4.69, 9.17) is 10.1 Å². The van der Waals surface area contributed by atoms with Crippen molar-refractivity contribution in [3.8, 4) is 33.5 Å². The van der Waals surface area contributed by atoms with E-state index in [1.165, 1.54) is 5.69 Å². The van der Waals surface area contributed by atoms with Gasteiger partial charge in [0.15, 0.2) is 5.65 Å². The zero-order valence-electron chi connectivity index (χ0n) is 22.5. The summed E-state index contributed by atoms with van der Waals surface area (Å²) in [6.07, 6.45) is 5.33. The molecule has 0 spiro atoms. The molecule has 0 amide bonds. The van der Waals surface area contributed by atoms with Gasteiger partial charge in [0.2, 0.25) is 5.56 Å². The van der Waals surface area contributed by atoms with Crippen LogP contribution < -0.4 is 10.5 Å². The highest BCUT2D eigenvalue weighted by atomic mass is 16.1. The number of hydrogen-bond acceptors (Lipinski definition) is 6. The molecule has 0 aliphatic carbocycles.